The molecule has 2 aliphatic heterocycles. The van der Waals surface area contributed by atoms with Crippen molar-refractivity contribution < 1.29 is 24.1 Å². The molecule has 0 spiro atoms. The second-order valence-corrected chi connectivity index (χ2v) is 8.59. The predicted molar refractivity (Wildman–Crippen MR) is 127 cm³/mol. The molecule has 0 fully saturated rings. The highest BCUT2D eigenvalue weighted by Gasteiger charge is 2.25. The third kappa shape index (κ3) is 5.26. The molecule has 0 aliphatic carbocycles. The number of ether oxygens (including phenoxy) is 3. The summed E-state index contributed by atoms with van der Waals surface area (Å²) in [5.41, 5.74) is 4.48. The van der Waals surface area contributed by atoms with E-state index in [1.54, 1.807) is 24.9 Å². The van der Waals surface area contributed by atoms with E-state index in [4.69, 9.17) is 14.2 Å². The van der Waals surface area contributed by atoms with E-state index in [0.717, 1.165) is 29.0 Å². The Hall–Kier alpha value is -2.96. The third-order valence-corrected chi connectivity index (χ3v) is 6.47. The highest BCUT2D eigenvalue weighted by molar-refractivity contribution is 8.03. The molecule has 2 atom stereocenters. The fourth-order valence-electron chi connectivity index (χ4n) is 3.85. The molecule has 2 aromatic carbocycles. The molecule has 4 rings (SSSR count). The zero-order chi connectivity index (χ0) is 22.3. The normalized spacial score (nSPS) is 17.7. The number of carboxylic acid groups (broad SMARTS) is 1. The number of carbonyl (C=O) groups is 1. The summed E-state index contributed by atoms with van der Waals surface area (Å²) in [7, 11) is 0. The fourth-order valence-corrected chi connectivity index (χ4v) is 4.90. The molecule has 2 aromatic rings. The van der Waals surface area contributed by atoms with Crippen LogP contribution in [0.25, 0.3) is 5.57 Å². The number of para-hydroxylation sites is 1. The molecule has 1 N–H and O–H groups in total. The van der Waals surface area contributed by atoms with Crippen molar-refractivity contribution >= 4 is 23.3 Å². The van der Waals surface area contributed by atoms with Crippen LogP contribution in [0.4, 0.5) is 0 Å². The molecule has 0 saturated heterocycles. The van der Waals surface area contributed by atoms with Gasteiger partial charge in [0, 0.05) is 23.8 Å². The van der Waals surface area contributed by atoms with Gasteiger partial charge in [-0.15, -0.1) is 11.8 Å². The zero-order valence-corrected chi connectivity index (χ0v) is 18.7. The van der Waals surface area contributed by atoms with Crippen LogP contribution in [0.3, 0.4) is 0 Å². The smallest absolute Gasteiger partial charge is 0.333 e. The first-order chi connectivity index (χ1) is 15.7. The van der Waals surface area contributed by atoms with E-state index in [-0.39, 0.29) is 5.25 Å². The second kappa shape index (κ2) is 10.6. The number of rotatable bonds is 9. The van der Waals surface area contributed by atoms with E-state index in [9.17, 15) is 9.90 Å². The highest BCUT2D eigenvalue weighted by Crippen LogP contribution is 2.42. The number of benzene rings is 2. The molecular weight excluding hydrogens is 424 g/mol. The maximum atomic E-state index is 11.3. The minimum absolute atomic E-state index is 0.268. The van der Waals surface area contributed by atoms with Crippen LogP contribution in [0.15, 0.2) is 77.9 Å². The lowest BCUT2D eigenvalue weighted by molar-refractivity contribution is -0.149. The molecule has 2 heterocycles. The predicted octanol–water partition coefficient (Wildman–Crippen LogP) is 5.48. The van der Waals surface area contributed by atoms with Gasteiger partial charge in [0.05, 0.1) is 12.9 Å². The van der Waals surface area contributed by atoms with Crippen molar-refractivity contribution in [3.8, 4) is 11.5 Å². The molecule has 2 aliphatic rings. The van der Waals surface area contributed by atoms with Gasteiger partial charge >= 0.3 is 5.97 Å². The van der Waals surface area contributed by atoms with Gasteiger partial charge in [0.25, 0.3) is 0 Å². The standard InChI is InChI=1S/C26H26O5S/c1-2-29-23(26(27)28)17-18-7-9-20(10-8-18)30-15-12-24-25-19(13-16-32-24)11-14-31-22-6-4-3-5-21(22)25/h3-11,13-14,16,23-24H,2,12,15,17H2,1H3,(H,27,28). The second-order valence-electron chi connectivity index (χ2n) is 7.48. The van der Waals surface area contributed by atoms with E-state index < -0.39 is 12.1 Å². The number of carboxylic acids is 1. The molecule has 0 saturated carbocycles. The minimum atomic E-state index is -0.944. The average molecular weight is 451 g/mol. The summed E-state index contributed by atoms with van der Waals surface area (Å²) >= 11 is 1.80. The SMILES string of the molecule is CCOC(Cc1ccc(OCCC2SC=CC3=C2c2ccccc2OC=C3)cc1)C(=O)O. The van der Waals surface area contributed by atoms with Gasteiger partial charge in [-0.25, -0.2) is 4.79 Å². The lowest BCUT2D eigenvalue weighted by Crippen LogP contribution is -2.26. The molecule has 0 aromatic heterocycles. The van der Waals surface area contributed by atoms with Crippen LogP contribution in [0, 0.1) is 0 Å². The van der Waals surface area contributed by atoms with Crippen molar-refractivity contribution in [2.75, 3.05) is 13.2 Å². The summed E-state index contributed by atoms with van der Waals surface area (Å²) < 4.78 is 17.1. The summed E-state index contributed by atoms with van der Waals surface area (Å²) in [6.45, 7) is 2.74. The van der Waals surface area contributed by atoms with E-state index in [2.05, 4.69) is 17.6 Å². The van der Waals surface area contributed by atoms with Gasteiger partial charge in [0.2, 0.25) is 0 Å². The van der Waals surface area contributed by atoms with Crippen molar-refractivity contribution in [2.45, 2.75) is 31.1 Å². The number of aliphatic carboxylic acids is 1. The van der Waals surface area contributed by atoms with Crippen molar-refractivity contribution in [3.05, 3.63) is 89.1 Å². The summed E-state index contributed by atoms with van der Waals surface area (Å²) in [4.78, 5) is 11.3. The monoisotopic (exact) mass is 450 g/mol. The van der Waals surface area contributed by atoms with Crippen LogP contribution in [0.2, 0.25) is 0 Å². The molecule has 0 radical (unpaired) electrons. The first kappa shape index (κ1) is 22.2. The van der Waals surface area contributed by atoms with Crippen molar-refractivity contribution in [3.63, 3.8) is 0 Å². The van der Waals surface area contributed by atoms with Crippen molar-refractivity contribution in [2.24, 2.45) is 0 Å². The molecule has 0 amide bonds. The largest absolute Gasteiger partial charge is 0.494 e. The molecule has 2 unspecified atom stereocenters. The van der Waals surface area contributed by atoms with Crippen LogP contribution in [0.5, 0.6) is 11.5 Å². The van der Waals surface area contributed by atoms with E-state index in [0.29, 0.717) is 19.6 Å². The molecule has 6 heteroatoms. The highest BCUT2D eigenvalue weighted by atomic mass is 32.2. The van der Waals surface area contributed by atoms with Crippen LogP contribution in [-0.4, -0.2) is 35.6 Å². The summed E-state index contributed by atoms with van der Waals surface area (Å²) in [5.74, 6) is 0.699. The average Bonchev–Trinajstić information content (AvgIpc) is 3.00. The van der Waals surface area contributed by atoms with Gasteiger partial charge in [-0.1, -0.05) is 30.3 Å². The summed E-state index contributed by atoms with van der Waals surface area (Å²) in [6, 6.07) is 15.7. The minimum Gasteiger partial charge on any atom is -0.494 e. The van der Waals surface area contributed by atoms with Gasteiger partial charge in [0.15, 0.2) is 6.10 Å². The quantitative estimate of drug-likeness (QED) is 0.546. The van der Waals surface area contributed by atoms with Crippen LogP contribution in [0.1, 0.15) is 24.5 Å². The molecule has 166 valence electrons. The number of thioether (sulfide) groups is 1. The fraction of sp³-hybridized carbons (Fsp3) is 0.269. The lowest BCUT2D eigenvalue weighted by atomic mass is 9.94. The van der Waals surface area contributed by atoms with Gasteiger partial charge < -0.3 is 19.3 Å². The number of allylic oxidation sites excluding steroid dienone is 3. The Bertz CT molecular complexity index is 1040. The maximum absolute atomic E-state index is 11.3. The third-order valence-electron chi connectivity index (χ3n) is 5.38. The van der Waals surface area contributed by atoms with Crippen LogP contribution < -0.4 is 9.47 Å². The van der Waals surface area contributed by atoms with E-state index in [1.165, 1.54) is 11.1 Å². The first-order valence-electron chi connectivity index (χ1n) is 10.7. The van der Waals surface area contributed by atoms with Crippen LogP contribution >= 0.6 is 11.8 Å². The van der Waals surface area contributed by atoms with Crippen molar-refractivity contribution in [1.82, 2.24) is 0 Å². The van der Waals surface area contributed by atoms with Gasteiger partial charge in [-0.05, 0) is 65.8 Å². The Labute approximate surface area is 192 Å². The number of fused-ring (bicyclic) bond motifs is 2. The molecule has 32 heavy (non-hydrogen) atoms. The topological polar surface area (TPSA) is 65.0 Å². The summed E-state index contributed by atoms with van der Waals surface area (Å²) in [6.07, 6.45) is 6.25. The summed E-state index contributed by atoms with van der Waals surface area (Å²) in [5, 5.41) is 11.6. The Morgan fingerprint density at radius 2 is 1.97 bits per heavy atom. The van der Waals surface area contributed by atoms with Crippen molar-refractivity contribution in [1.29, 1.82) is 0 Å². The number of hydrogen-bond acceptors (Lipinski definition) is 5. The lowest BCUT2D eigenvalue weighted by Gasteiger charge is -2.24. The Morgan fingerprint density at radius 1 is 1.16 bits per heavy atom. The van der Waals surface area contributed by atoms with Gasteiger partial charge in [-0.3, -0.25) is 0 Å². The van der Waals surface area contributed by atoms with Crippen LogP contribution in [-0.2, 0) is 16.0 Å². The van der Waals surface area contributed by atoms with Gasteiger partial charge in [0.1, 0.15) is 11.5 Å². The molecule has 5 nitrogen and oxygen atoms in total. The molecular formula is C26H26O5S. The Balaban J connectivity index is 1.38. The Kier molecular flexibility index (Phi) is 7.35. The molecule has 0 bridgehead atoms. The maximum Gasteiger partial charge on any atom is 0.333 e. The Morgan fingerprint density at radius 3 is 2.75 bits per heavy atom. The number of hydrogen-bond donors (Lipinski definition) is 1. The zero-order valence-electron chi connectivity index (χ0n) is 17.9. The van der Waals surface area contributed by atoms with E-state index in [1.807, 2.05) is 48.5 Å². The van der Waals surface area contributed by atoms with E-state index >= 15 is 0 Å². The van der Waals surface area contributed by atoms with Gasteiger partial charge in [-0.2, -0.15) is 0 Å². The first-order valence-corrected chi connectivity index (χ1v) is 11.6.